The van der Waals surface area contributed by atoms with Gasteiger partial charge in [0.2, 0.25) is 0 Å². The Kier molecular flexibility index (Phi) is 3.55. The SMILES string of the molecule is CCN1CCC(c2nc(C(=O)O)c3cccc(O)n23)CC1. The third kappa shape index (κ3) is 2.35. The van der Waals surface area contributed by atoms with Crippen molar-refractivity contribution in [1.29, 1.82) is 0 Å². The highest BCUT2D eigenvalue weighted by atomic mass is 16.4. The second kappa shape index (κ2) is 5.37. The van der Waals surface area contributed by atoms with E-state index < -0.39 is 5.97 Å². The molecule has 1 fully saturated rings. The number of pyridine rings is 1. The van der Waals surface area contributed by atoms with Gasteiger partial charge in [-0.3, -0.25) is 4.40 Å². The first-order valence-electron chi connectivity index (χ1n) is 7.27. The number of aromatic hydroxyl groups is 1. The smallest absolute Gasteiger partial charge is 0.356 e. The van der Waals surface area contributed by atoms with Crippen molar-refractivity contribution in [2.75, 3.05) is 19.6 Å². The van der Waals surface area contributed by atoms with Crippen LogP contribution < -0.4 is 0 Å². The molecular weight excluding hydrogens is 270 g/mol. The maximum absolute atomic E-state index is 11.4. The third-order valence-corrected chi connectivity index (χ3v) is 4.27. The molecule has 0 unspecified atom stereocenters. The normalized spacial score (nSPS) is 17.4. The largest absolute Gasteiger partial charge is 0.494 e. The van der Waals surface area contributed by atoms with Crippen molar-refractivity contribution < 1.29 is 15.0 Å². The van der Waals surface area contributed by atoms with Crippen molar-refractivity contribution in [3.63, 3.8) is 0 Å². The van der Waals surface area contributed by atoms with E-state index in [1.165, 1.54) is 0 Å². The Bertz CT molecular complexity index is 672. The Morgan fingerprint density at radius 2 is 2.10 bits per heavy atom. The maximum atomic E-state index is 11.4. The van der Waals surface area contributed by atoms with E-state index in [0.29, 0.717) is 11.3 Å². The Hall–Kier alpha value is -2.08. The Morgan fingerprint density at radius 3 is 2.71 bits per heavy atom. The van der Waals surface area contributed by atoms with E-state index in [1.54, 1.807) is 22.6 Å². The van der Waals surface area contributed by atoms with Gasteiger partial charge in [0.1, 0.15) is 5.82 Å². The van der Waals surface area contributed by atoms with E-state index in [0.717, 1.165) is 32.5 Å². The highest BCUT2D eigenvalue weighted by molar-refractivity contribution is 5.93. The lowest BCUT2D eigenvalue weighted by molar-refractivity contribution is 0.0693. The van der Waals surface area contributed by atoms with Gasteiger partial charge in [-0.15, -0.1) is 0 Å². The predicted molar refractivity (Wildman–Crippen MR) is 77.9 cm³/mol. The fourth-order valence-electron chi connectivity index (χ4n) is 3.08. The molecule has 0 atom stereocenters. The number of carboxylic acids is 1. The van der Waals surface area contributed by atoms with Crippen molar-refractivity contribution in [3.8, 4) is 5.88 Å². The molecule has 0 saturated carbocycles. The summed E-state index contributed by atoms with van der Waals surface area (Å²) in [6.07, 6.45) is 1.86. The van der Waals surface area contributed by atoms with Crippen LogP contribution in [0.1, 0.15) is 42.0 Å². The van der Waals surface area contributed by atoms with Crippen molar-refractivity contribution in [1.82, 2.24) is 14.3 Å². The topological polar surface area (TPSA) is 78.1 Å². The first-order chi connectivity index (χ1) is 10.1. The number of carbonyl (C=O) groups is 1. The van der Waals surface area contributed by atoms with Gasteiger partial charge >= 0.3 is 5.97 Å². The molecule has 2 aromatic heterocycles. The lowest BCUT2D eigenvalue weighted by Crippen LogP contribution is -2.33. The second-order valence-electron chi connectivity index (χ2n) is 5.44. The molecule has 0 aliphatic carbocycles. The second-order valence-corrected chi connectivity index (χ2v) is 5.44. The average molecular weight is 289 g/mol. The summed E-state index contributed by atoms with van der Waals surface area (Å²) in [6.45, 7) is 5.12. The number of rotatable bonds is 3. The number of fused-ring (bicyclic) bond motifs is 1. The zero-order valence-electron chi connectivity index (χ0n) is 12.0. The van der Waals surface area contributed by atoms with Crippen molar-refractivity contribution in [2.24, 2.45) is 0 Å². The fourth-order valence-corrected chi connectivity index (χ4v) is 3.08. The van der Waals surface area contributed by atoms with E-state index >= 15 is 0 Å². The van der Waals surface area contributed by atoms with Crippen LogP contribution in [0.25, 0.3) is 5.52 Å². The minimum absolute atomic E-state index is 0.0128. The molecule has 2 aromatic rings. The number of hydrogen-bond acceptors (Lipinski definition) is 4. The van der Waals surface area contributed by atoms with Crippen LogP contribution >= 0.6 is 0 Å². The summed E-state index contributed by atoms with van der Waals surface area (Å²) in [6, 6.07) is 4.88. The molecule has 21 heavy (non-hydrogen) atoms. The molecule has 0 aromatic carbocycles. The number of carboxylic acid groups (broad SMARTS) is 1. The molecule has 2 N–H and O–H groups in total. The van der Waals surface area contributed by atoms with Gasteiger partial charge in [0.25, 0.3) is 0 Å². The zero-order chi connectivity index (χ0) is 15.0. The predicted octanol–water partition coefficient (Wildman–Crippen LogP) is 1.94. The number of nitrogens with zero attached hydrogens (tertiary/aromatic N) is 3. The van der Waals surface area contributed by atoms with Crippen LogP contribution in [0, 0.1) is 0 Å². The van der Waals surface area contributed by atoms with Crippen molar-refractivity contribution >= 4 is 11.5 Å². The minimum atomic E-state index is -1.06. The average Bonchev–Trinajstić information content (AvgIpc) is 2.88. The Morgan fingerprint density at radius 1 is 1.38 bits per heavy atom. The van der Waals surface area contributed by atoms with Gasteiger partial charge in [0.15, 0.2) is 11.6 Å². The lowest BCUT2D eigenvalue weighted by atomic mass is 9.96. The molecule has 6 heteroatoms. The molecule has 1 aliphatic rings. The van der Waals surface area contributed by atoms with Crippen LogP contribution in [0.5, 0.6) is 5.88 Å². The van der Waals surface area contributed by atoms with E-state index in [9.17, 15) is 15.0 Å². The van der Waals surface area contributed by atoms with E-state index in [1.807, 2.05) is 0 Å². The summed E-state index contributed by atoms with van der Waals surface area (Å²) >= 11 is 0. The molecule has 1 saturated heterocycles. The van der Waals surface area contributed by atoms with Crippen LogP contribution in [-0.2, 0) is 0 Å². The van der Waals surface area contributed by atoms with Crippen molar-refractivity contribution in [2.45, 2.75) is 25.7 Å². The Labute approximate surface area is 122 Å². The highest BCUT2D eigenvalue weighted by Crippen LogP contribution is 2.31. The summed E-state index contributed by atoms with van der Waals surface area (Å²) in [7, 11) is 0. The molecule has 1 aliphatic heterocycles. The lowest BCUT2D eigenvalue weighted by Gasteiger charge is -2.30. The van der Waals surface area contributed by atoms with Gasteiger partial charge in [-0.2, -0.15) is 0 Å². The van der Waals surface area contributed by atoms with Crippen molar-refractivity contribution in [3.05, 3.63) is 29.7 Å². The molecule has 6 nitrogen and oxygen atoms in total. The van der Waals surface area contributed by atoms with Crippen LogP contribution in [-0.4, -0.2) is 50.1 Å². The molecule has 3 rings (SSSR count). The van der Waals surface area contributed by atoms with Gasteiger partial charge in [-0.25, -0.2) is 9.78 Å². The molecule has 0 amide bonds. The number of hydrogen-bond donors (Lipinski definition) is 2. The molecule has 112 valence electrons. The van der Waals surface area contributed by atoms with Gasteiger partial charge in [-0.05, 0) is 44.6 Å². The summed E-state index contributed by atoms with van der Waals surface area (Å²) in [5, 5.41) is 19.4. The monoisotopic (exact) mass is 289 g/mol. The molecular formula is C15H19N3O3. The fraction of sp³-hybridized carbons (Fsp3) is 0.467. The van der Waals surface area contributed by atoms with Gasteiger partial charge in [0.05, 0.1) is 5.52 Å². The van der Waals surface area contributed by atoms with Crippen LogP contribution in [0.2, 0.25) is 0 Å². The molecule has 0 spiro atoms. The molecule has 0 radical (unpaired) electrons. The van der Waals surface area contributed by atoms with Crippen LogP contribution in [0.3, 0.4) is 0 Å². The van der Waals surface area contributed by atoms with Gasteiger partial charge in [-0.1, -0.05) is 13.0 Å². The van der Waals surface area contributed by atoms with E-state index in [-0.39, 0.29) is 17.5 Å². The highest BCUT2D eigenvalue weighted by Gasteiger charge is 2.27. The van der Waals surface area contributed by atoms with Gasteiger partial charge < -0.3 is 15.1 Å². The maximum Gasteiger partial charge on any atom is 0.356 e. The van der Waals surface area contributed by atoms with E-state index in [4.69, 9.17) is 0 Å². The summed E-state index contributed by atoms with van der Waals surface area (Å²) in [5.74, 6) is -0.172. The summed E-state index contributed by atoms with van der Waals surface area (Å²) in [4.78, 5) is 18.0. The number of piperidine rings is 1. The first-order valence-corrected chi connectivity index (χ1v) is 7.27. The summed E-state index contributed by atoms with van der Waals surface area (Å²) in [5.41, 5.74) is 0.467. The standard InChI is InChI=1S/C15H19N3O3/c1-2-17-8-6-10(7-9-17)14-16-13(15(20)21)11-4-3-5-12(19)18(11)14/h3-5,10,19H,2,6-9H2,1H3,(H,20,21). The number of imidazole rings is 1. The minimum Gasteiger partial charge on any atom is -0.494 e. The first kappa shape index (κ1) is 13.9. The zero-order valence-corrected chi connectivity index (χ0v) is 12.0. The number of likely N-dealkylation sites (tertiary alicyclic amines) is 1. The van der Waals surface area contributed by atoms with Crippen LogP contribution in [0.4, 0.5) is 0 Å². The quantitative estimate of drug-likeness (QED) is 0.903. The molecule has 3 heterocycles. The summed E-state index contributed by atoms with van der Waals surface area (Å²) < 4.78 is 1.58. The molecule has 0 bridgehead atoms. The van der Waals surface area contributed by atoms with Gasteiger partial charge in [0, 0.05) is 5.92 Å². The van der Waals surface area contributed by atoms with Crippen LogP contribution in [0.15, 0.2) is 18.2 Å². The Balaban J connectivity index is 2.04. The third-order valence-electron chi connectivity index (χ3n) is 4.27. The van der Waals surface area contributed by atoms with E-state index in [2.05, 4.69) is 16.8 Å². The number of aromatic nitrogens is 2. The number of aromatic carboxylic acids is 1.